The van der Waals surface area contributed by atoms with Gasteiger partial charge in [0.05, 0.1) is 10.2 Å². The monoisotopic (exact) mass is 358 g/mol. The lowest BCUT2D eigenvalue weighted by molar-refractivity contribution is 0.0746. The zero-order valence-corrected chi connectivity index (χ0v) is 14.4. The molecule has 0 saturated carbocycles. The lowest BCUT2D eigenvalue weighted by Crippen LogP contribution is -2.48. The summed E-state index contributed by atoms with van der Waals surface area (Å²) in [6, 6.07) is 9.52. The van der Waals surface area contributed by atoms with Gasteiger partial charge in [0.15, 0.2) is 5.01 Å². The molecule has 1 aliphatic heterocycles. The number of carbonyl (C=O) groups excluding carboxylic acids is 1. The van der Waals surface area contributed by atoms with E-state index in [1.807, 2.05) is 29.2 Å². The Morgan fingerprint density at radius 2 is 1.83 bits per heavy atom. The van der Waals surface area contributed by atoms with E-state index in [9.17, 15) is 4.79 Å². The number of piperazine rings is 1. The summed E-state index contributed by atoms with van der Waals surface area (Å²) in [7, 11) is 0. The van der Waals surface area contributed by atoms with E-state index in [1.54, 1.807) is 18.5 Å². The number of halogens is 1. The summed E-state index contributed by atoms with van der Waals surface area (Å²) in [4.78, 5) is 25.3. The van der Waals surface area contributed by atoms with Crippen LogP contribution in [0.25, 0.3) is 10.2 Å². The molecule has 3 aromatic rings. The Morgan fingerprint density at radius 3 is 2.58 bits per heavy atom. The number of nitrogens with zero attached hydrogens (tertiary/aromatic N) is 4. The molecule has 1 aliphatic rings. The molecule has 7 heteroatoms. The molecule has 2 aromatic heterocycles. The summed E-state index contributed by atoms with van der Waals surface area (Å²) in [5.74, 6) is 0.00157. The van der Waals surface area contributed by atoms with Crippen LogP contribution in [0.5, 0.6) is 0 Å². The fourth-order valence-corrected chi connectivity index (χ4v) is 3.93. The first-order chi connectivity index (χ1) is 11.7. The van der Waals surface area contributed by atoms with E-state index in [0.717, 1.165) is 29.0 Å². The van der Waals surface area contributed by atoms with Gasteiger partial charge in [0.1, 0.15) is 0 Å². The molecule has 24 heavy (non-hydrogen) atoms. The second-order valence-electron chi connectivity index (χ2n) is 5.62. The van der Waals surface area contributed by atoms with Crippen LogP contribution in [-0.4, -0.2) is 47.0 Å². The van der Waals surface area contributed by atoms with Gasteiger partial charge in [-0.1, -0.05) is 11.6 Å². The first kappa shape index (κ1) is 15.4. The van der Waals surface area contributed by atoms with Crippen LogP contribution < -0.4 is 4.90 Å². The number of aromatic nitrogens is 2. The normalized spacial score (nSPS) is 15.0. The summed E-state index contributed by atoms with van der Waals surface area (Å²) in [5, 5.41) is 1.17. The van der Waals surface area contributed by atoms with Crippen LogP contribution in [-0.2, 0) is 0 Å². The minimum atomic E-state index is 0.00157. The Balaban J connectivity index is 1.47. The van der Waals surface area contributed by atoms with Crippen LogP contribution in [0.3, 0.4) is 0 Å². The van der Waals surface area contributed by atoms with Crippen molar-refractivity contribution >= 4 is 44.7 Å². The Hall–Kier alpha value is -2.18. The molecule has 3 heterocycles. The van der Waals surface area contributed by atoms with Crippen molar-refractivity contribution in [2.24, 2.45) is 0 Å². The Kier molecular flexibility index (Phi) is 4.08. The topological polar surface area (TPSA) is 49.3 Å². The number of anilines is 1. The number of thiazole rings is 1. The number of pyridine rings is 1. The number of hydrogen-bond donors (Lipinski definition) is 0. The molecule has 1 fully saturated rings. The fourth-order valence-electron chi connectivity index (χ4n) is 2.85. The van der Waals surface area contributed by atoms with Gasteiger partial charge in [-0.3, -0.25) is 9.78 Å². The zero-order chi connectivity index (χ0) is 16.5. The summed E-state index contributed by atoms with van der Waals surface area (Å²) in [6.45, 7) is 3.01. The van der Waals surface area contributed by atoms with Gasteiger partial charge in [-0.05, 0) is 30.3 Å². The number of hydrogen-bond acceptors (Lipinski definition) is 5. The average molecular weight is 359 g/mol. The molecule has 1 aromatic carbocycles. The highest BCUT2D eigenvalue weighted by molar-refractivity contribution is 7.20. The van der Waals surface area contributed by atoms with Gasteiger partial charge in [0.25, 0.3) is 5.91 Å². The number of amides is 1. The first-order valence-electron chi connectivity index (χ1n) is 7.71. The molecule has 1 saturated heterocycles. The molecule has 0 radical (unpaired) electrons. The molecule has 122 valence electrons. The molecule has 0 unspecified atom stereocenters. The van der Waals surface area contributed by atoms with Gasteiger partial charge in [-0.25, -0.2) is 4.98 Å². The predicted molar refractivity (Wildman–Crippen MR) is 97.0 cm³/mol. The number of benzene rings is 1. The van der Waals surface area contributed by atoms with Crippen LogP contribution in [0, 0.1) is 0 Å². The maximum Gasteiger partial charge on any atom is 0.282 e. The van der Waals surface area contributed by atoms with Gasteiger partial charge >= 0.3 is 0 Å². The van der Waals surface area contributed by atoms with Crippen LogP contribution in [0.1, 0.15) is 9.80 Å². The van der Waals surface area contributed by atoms with E-state index in [1.165, 1.54) is 11.3 Å². The second-order valence-corrected chi connectivity index (χ2v) is 7.08. The molecule has 1 amide bonds. The van der Waals surface area contributed by atoms with Gasteiger partial charge in [-0.15, -0.1) is 11.3 Å². The van der Waals surface area contributed by atoms with E-state index in [-0.39, 0.29) is 5.91 Å². The third-order valence-electron chi connectivity index (χ3n) is 4.13. The van der Waals surface area contributed by atoms with Crippen LogP contribution in [0.4, 0.5) is 5.69 Å². The SMILES string of the molecule is O=C(c1nc2cc(Cl)ccc2s1)N1CCN(c2ccncc2)CC1. The van der Waals surface area contributed by atoms with E-state index in [0.29, 0.717) is 23.1 Å². The van der Waals surface area contributed by atoms with Gasteiger partial charge in [0.2, 0.25) is 0 Å². The van der Waals surface area contributed by atoms with Crippen molar-refractivity contribution in [3.05, 3.63) is 52.8 Å². The summed E-state index contributed by atoms with van der Waals surface area (Å²) in [5.41, 5.74) is 1.93. The molecule has 0 N–H and O–H groups in total. The van der Waals surface area contributed by atoms with Crippen molar-refractivity contribution in [2.45, 2.75) is 0 Å². The summed E-state index contributed by atoms with van der Waals surface area (Å²) in [6.07, 6.45) is 3.58. The van der Waals surface area contributed by atoms with Gasteiger partial charge < -0.3 is 9.80 Å². The minimum absolute atomic E-state index is 0.00157. The lowest BCUT2D eigenvalue weighted by Gasteiger charge is -2.35. The molecule has 0 spiro atoms. The van der Waals surface area contributed by atoms with Gasteiger partial charge in [-0.2, -0.15) is 0 Å². The zero-order valence-electron chi connectivity index (χ0n) is 12.9. The van der Waals surface area contributed by atoms with Crippen LogP contribution in [0.2, 0.25) is 5.02 Å². The van der Waals surface area contributed by atoms with Crippen molar-refractivity contribution in [1.29, 1.82) is 0 Å². The van der Waals surface area contributed by atoms with Crippen LogP contribution in [0.15, 0.2) is 42.7 Å². The standard InChI is InChI=1S/C17H15ClN4OS/c18-12-1-2-15-14(11-12)20-16(24-15)17(23)22-9-7-21(8-10-22)13-3-5-19-6-4-13/h1-6,11H,7-10H2. The fraction of sp³-hybridized carbons (Fsp3) is 0.235. The Bertz CT molecular complexity index is 875. The Morgan fingerprint density at radius 1 is 1.08 bits per heavy atom. The predicted octanol–water partition coefficient (Wildman–Crippen LogP) is 3.31. The molecule has 5 nitrogen and oxygen atoms in total. The quantitative estimate of drug-likeness (QED) is 0.705. The van der Waals surface area contributed by atoms with E-state index >= 15 is 0 Å². The number of fused-ring (bicyclic) bond motifs is 1. The van der Waals surface area contributed by atoms with Crippen molar-refractivity contribution in [3.63, 3.8) is 0 Å². The average Bonchev–Trinajstić information content (AvgIpc) is 3.05. The highest BCUT2D eigenvalue weighted by Crippen LogP contribution is 2.26. The van der Waals surface area contributed by atoms with Crippen molar-refractivity contribution < 1.29 is 4.79 Å². The highest BCUT2D eigenvalue weighted by atomic mass is 35.5. The first-order valence-corrected chi connectivity index (χ1v) is 8.90. The van der Waals surface area contributed by atoms with E-state index < -0.39 is 0 Å². The number of rotatable bonds is 2. The van der Waals surface area contributed by atoms with Crippen molar-refractivity contribution in [2.75, 3.05) is 31.1 Å². The largest absolute Gasteiger partial charge is 0.368 e. The smallest absolute Gasteiger partial charge is 0.282 e. The van der Waals surface area contributed by atoms with Crippen LogP contribution >= 0.6 is 22.9 Å². The molecule has 0 aliphatic carbocycles. The second kappa shape index (κ2) is 6.37. The summed E-state index contributed by atoms with van der Waals surface area (Å²) < 4.78 is 0.984. The van der Waals surface area contributed by atoms with E-state index in [4.69, 9.17) is 11.6 Å². The Labute approximate surface area is 148 Å². The lowest BCUT2D eigenvalue weighted by atomic mass is 10.2. The maximum absolute atomic E-state index is 12.7. The van der Waals surface area contributed by atoms with Crippen molar-refractivity contribution in [3.8, 4) is 0 Å². The molecule has 4 rings (SSSR count). The van der Waals surface area contributed by atoms with Gasteiger partial charge in [0, 0.05) is 49.3 Å². The van der Waals surface area contributed by atoms with E-state index in [2.05, 4.69) is 14.9 Å². The molecular weight excluding hydrogens is 344 g/mol. The van der Waals surface area contributed by atoms with Crippen molar-refractivity contribution in [1.82, 2.24) is 14.9 Å². The summed E-state index contributed by atoms with van der Waals surface area (Å²) >= 11 is 7.41. The number of carbonyl (C=O) groups is 1. The molecule has 0 atom stereocenters. The molecular formula is C17H15ClN4OS. The third kappa shape index (κ3) is 2.95. The highest BCUT2D eigenvalue weighted by Gasteiger charge is 2.24. The minimum Gasteiger partial charge on any atom is -0.368 e. The molecule has 0 bridgehead atoms. The third-order valence-corrected chi connectivity index (χ3v) is 5.39. The maximum atomic E-state index is 12.7.